The number of amides is 1. The van der Waals surface area contributed by atoms with Gasteiger partial charge in [-0.1, -0.05) is 23.9 Å². The van der Waals surface area contributed by atoms with Crippen LogP contribution in [0.4, 0.5) is 0 Å². The molecule has 0 saturated heterocycles. The Balaban J connectivity index is 1.57. The lowest BCUT2D eigenvalue weighted by molar-refractivity contribution is 0.0955. The molecule has 0 saturated carbocycles. The van der Waals surface area contributed by atoms with E-state index in [1.165, 1.54) is 13.3 Å². The molecule has 1 amide bonds. The van der Waals surface area contributed by atoms with Crippen LogP contribution in [0.15, 0.2) is 57.2 Å². The van der Waals surface area contributed by atoms with E-state index in [4.69, 9.17) is 4.74 Å². The average Bonchev–Trinajstić information content (AvgIpc) is 2.74. The lowest BCUT2D eigenvalue weighted by Crippen LogP contribution is -2.17. The molecule has 1 aromatic heterocycles. The molecule has 0 aliphatic rings. The van der Waals surface area contributed by atoms with E-state index in [9.17, 15) is 9.90 Å². The first-order chi connectivity index (χ1) is 14.9. The Morgan fingerprint density at radius 1 is 1.19 bits per heavy atom. The molecule has 3 aromatic rings. The number of halogens is 1. The highest BCUT2D eigenvalue weighted by Crippen LogP contribution is 2.34. The summed E-state index contributed by atoms with van der Waals surface area (Å²) >= 11 is 4.80. The Morgan fingerprint density at radius 3 is 2.52 bits per heavy atom. The number of benzene rings is 2. The third-order valence-electron chi connectivity index (χ3n) is 4.20. The number of aromatic nitrogens is 2. The lowest BCUT2D eigenvalue weighted by Gasteiger charge is -2.06. The van der Waals surface area contributed by atoms with Gasteiger partial charge in [0, 0.05) is 22.7 Å². The van der Waals surface area contributed by atoms with Crippen LogP contribution in [0.3, 0.4) is 0 Å². The summed E-state index contributed by atoms with van der Waals surface area (Å²) in [6, 6.07) is 12.5. The van der Waals surface area contributed by atoms with E-state index in [0.717, 1.165) is 22.1 Å². The van der Waals surface area contributed by atoms with Crippen molar-refractivity contribution >= 4 is 39.8 Å². The minimum atomic E-state index is -0.321. The number of aryl methyl sites for hydroxylation is 2. The largest absolute Gasteiger partial charge is 0.503 e. The van der Waals surface area contributed by atoms with Crippen LogP contribution in [0.2, 0.25) is 0 Å². The number of methoxy groups -OCH3 is 1. The molecule has 2 aromatic carbocycles. The molecule has 0 aliphatic heterocycles. The Hall–Kier alpha value is -2.91. The summed E-state index contributed by atoms with van der Waals surface area (Å²) < 4.78 is 5.57. The second-order valence-corrected chi connectivity index (χ2v) is 8.47. The van der Waals surface area contributed by atoms with Crippen molar-refractivity contribution in [2.45, 2.75) is 24.8 Å². The highest BCUT2D eigenvalue weighted by atomic mass is 79.9. The lowest BCUT2D eigenvalue weighted by atomic mass is 10.1. The summed E-state index contributed by atoms with van der Waals surface area (Å²) in [4.78, 5) is 21.2. The van der Waals surface area contributed by atoms with E-state index in [2.05, 4.69) is 36.4 Å². The number of hydrogen-bond donors (Lipinski definition) is 2. The number of nitrogens with zero attached hydrogens (tertiary/aromatic N) is 3. The van der Waals surface area contributed by atoms with Crippen molar-refractivity contribution in [1.29, 1.82) is 0 Å². The van der Waals surface area contributed by atoms with Gasteiger partial charge in [-0.2, -0.15) is 5.10 Å². The summed E-state index contributed by atoms with van der Waals surface area (Å²) in [7, 11) is 1.46. The quantitative estimate of drug-likeness (QED) is 0.212. The van der Waals surface area contributed by atoms with Gasteiger partial charge in [0.25, 0.3) is 5.91 Å². The molecule has 0 fully saturated rings. The number of carbonyl (C=O) groups is 1. The van der Waals surface area contributed by atoms with Crippen molar-refractivity contribution < 1.29 is 14.6 Å². The van der Waals surface area contributed by atoms with E-state index < -0.39 is 0 Å². The molecule has 0 aliphatic carbocycles. The first kappa shape index (κ1) is 22.8. The third kappa shape index (κ3) is 6.28. The summed E-state index contributed by atoms with van der Waals surface area (Å²) in [5.74, 6) is 0.700. The highest BCUT2D eigenvalue weighted by Gasteiger charge is 2.08. The van der Waals surface area contributed by atoms with E-state index in [1.807, 2.05) is 32.0 Å². The van der Waals surface area contributed by atoms with E-state index >= 15 is 0 Å². The smallest absolute Gasteiger partial charge is 0.271 e. The van der Waals surface area contributed by atoms with E-state index in [0.29, 0.717) is 27.1 Å². The van der Waals surface area contributed by atoms with Crippen LogP contribution in [0, 0.1) is 13.8 Å². The van der Waals surface area contributed by atoms with Gasteiger partial charge in [0.15, 0.2) is 16.7 Å². The van der Waals surface area contributed by atoms with E-state index in [1.54, 1.807) is 36.0 Å². The van der Waals surface area contributed by atoms with Crippen LogP contribution < -0.4 is 10.2 Å². The molecule has 0 radical (unpaired) electrons. The molecule has 31 heavy (non-hydrogen) atoms. The zero-order valence-corrected chi connectivity index (χ0v) is 19.6. The number of thioether (sulfide) groups is 1. The van der Waals surface area contributed by atoms with Gasteiger partial charge in [0.2, 0.25) is 0 Å². The van der Waals surface area contributed by atoms with Gasteiger partial charge in [0.05, 0.1) is 17.8 Å². The van der Waals surface area contributed by atoms with Crippen molar-refractivity contribution in [1.82, 2.24) is 15.4 Å². The van der Waals surface area contributed by atoms with Gasteiger partial charge >= 0.3 is 0 Å². The monoisotopic (exact) mass is 500 g/mol. The molecule has 1 heterocycles. The number of phenolic OH excluding ortho intramolecular Hbond substituents is 1. The highest BCUT2D eigenvalue weighted by molar-refractivity contribution is 9.10. The van der Waals surface area contributed by atoms with Gasteiger partial charge in [0.1, 0.15) is 0 Å². The fourth-order valence-corrected chi connectivity index (χ4v) is 4.08. The fourth-order valence-electron chi connectivity index (χ4n) is 2.71. The Labute approximate surface area is 193 Å². The van der Waals surface area contributed by atoms with Gasteiger partial charge in [-0.25, -0.2) is 15.4 Å². The number of rotatable bonds is 7. The normalized spacial score (nSPS) is 11.0. The molecule has 0 atom stereocenters. The SMILES string of the molecule is COc1cc(/C=N/NC(=O)c2ccc(CSc3nc(C)cc(C)n3)cc2)cc(Br)c1O. The van der Waals surface area contributed by atoms with Crippen LogP contribution in [0.1, 0.15) is 32.9 Å². The Morgan fingerprint density at radius 2 is 1.87 bits per heavy atom. The molecule has 2 N–H and O–H groups in total. The van der Waals surface area contributed by atoms with Crippen LogP contribution in [0.25, 0.3) is 0 Å². The molecule has 160 valence electrons. The van der Waals surface area contributed by atoms with Gasteiger partial charge in [-0.3, -0.25) is 4.79 Å². The fraction of sp³-hybridized carbons (Fsp3) is 0.182. The van der Waals surface area contributed by atoms with Crippen molar-refractivity contribution in [2.75, 3.05) is 7.11 Å². The predicted octanol–water partition coefficient (Wildman–Crippen LogP) is 4.63. The van der Waals surface area contributed by atoms with Gasteiger partial charge < -0.3 is 9.84 Å². The maximum atomic E-state index is 12.3. The molecular formula is C22H21BrN4O3S. The zero-order chi connectivity index (χ0) is 22.4. The van der Waals surface area contributed by atoms with Crippen molar-refractivity contribution in [3.05, 3.63) is 75.0 Å². The minimum Gasteiger partial charge on any atom is -0.503 e. The molecule has 0 bridgehead atoms. The number of aromatic hydroxyl groups is 1. The number of hydrazone groups is 1. The van der Waals surface area contributed by atoms with Crippen LogP contribution >= 0.6 is 27.7 Å². The topological polar surface area (TPSA) is 96.7 Å². The first-order valence-electron chi connectivity index (χ1n) is 9.29. The summed E-state index contributed by atoms with van der Waals surface area (Å²) in [6.45, 7) is 3.90. The molecule has 3 rings (SSSR count). The van der Waals surface area contributed by atoms with E-state index in [-0.39, 0.29) is 11.7 Å². The zero-order valence-electron chi connectivity index (χ0n) is 17.2. The predicted molar refractivity (Wildman–Crippen MR) is 125 cm³/mol. The molecule has 0 unspecified atom stereocenters. The number of carbonyl (C=O) groups excluding carboxylic acids is 1. The third-order valence-corrected chi connectivity index (χ3v) is 5.72. The van der Waals surface area contributed by atoms with Gasteiger partial charge in [-0.15, -0.1) is 0 Å². The van der Waals surface area contributed by atoms with Gasteiger partial charge in [-0.05, 0) is 71.2 Å². The number of ether oxygens (including phenoxy) is 1. The minimum absolute atomic E-state index is 0.00559. The van der Waals surface area contributed by atoms with Crippen molar-refractivity contribution in [3.63, 3.8) is 0 Å². The second-order valence-electron chi connectivity index (χ2n) is 6.67. The second kappa shape index (κ2) is 10.4. The standard InChI is InChI=1S/C22H21BrN4O3S/c1-13-8-14(2)26-22(25-13)31-12-15-4-6-17(7-5-15)21(29)27-24-11-16-9-18(23)20(28)19(10-16)30-3/h4-11,28H,12H2,1-3H3,(H,27,29)/b24-11+. The van der Waals surface area contributed by atoms with Crippen molar-refractivity contribution in [3.8, 4) is 11.5 Å². The molecule has 9 heteroatoms. The van der Waals surface area contributed by atoms with Crippen LogP contribution in [0.5, 0.6) is 11.5 Å². The summed E-state index contributed by atoms with van der Waals surface area (Å²) in [6.07, 6.45) is 1.47. The van der Waals surface area contributed by atoms with Crippen LogP contribution in [-0.4, -0.2) is 34.3 Å². The summed E-state index contributed by atoms with van der Waals surface area (Å²) in [5.41, 5.74) is 6.60. The molecular weight excluding hydrogens is 480 g/mol. The van der Waals surface area contributed by atoms with Crippen LogP contribution in [-0.2, 0) is 5.75 Å². The summed E-state index contributed by atoms with van der Waals surface area (Å²) in [5, 5.41) is 14.6. The maximum Gasteiger partial charge on any atom is 0.271 e. The molecule has 7 nitrogen and oxygen atoms in total. The Kier molecular flexibility index (Phi) is 7.64. The Bertz CT molecular complexity index is 1100. The molecule has 0 spiro atoms. The number of nitrogens with one attached hydrogen (secondary N) is 1. The maximum absolute atomic E-state index is 12.3. The number of hydrogen-bond acceptors (Lipinski definition) is 7. The average molecular weight is 501 g/mol. The first-order valence-corrected chi connectivity index (χ1v) is 11.1. The number of phenols is 1. The van der Waals surface area contributed by atoms with Crippen molar-refractivity contribution in [2.24, 2.45) is 5.10 Å².